The van der Waals surface area contributed by atoms with Crippen LogP contribution in [0.3, 0.4) is 0 Å². The number of amides is 1. The molecule has 0 saturated carbocycles. The van der Waals surface area contributed by atoms with Gasteiger partial charge in [-0.05, 0) is 27.7 Å². The number of carbonyl (C=O) groups excluding carboxylic acids is 2. The Kier molecular flexibility index (Phi) is 4.01. The van der Waals surface area contributed by atoms with Gasteiger partial charge in [-0.1, -0.05) is 0 Å². The van der Waals surface area contributed by atoms with Crippen LogP contribution in [0.1, 0.15) is 41.0 Å². The summed E-state index contributed by atoms with van der Waals surface area (Å²) in [5, 5.41) is 0. The van der Waals surface area contributed by atoms with Gasteiger partial charge >= 0.3 is 12.1 Å². The zero-order chi connectivity index (χ0) is 13.2. The van der Waals surface area contributed by atoms with Gasteiger partial charge in [0, 0.05) is 19.4 Å². The van der Waals surface area contributed by atoms with Gasteiger partial charge in [-0.25, -0.2) is 4.79 Å². The van der Waals surface area contributed by atoms with Crippen molar-refractivity contribution in [3.05, 3.63) is 0 Å². The number of hydrogen-bond acceptors (Lipinski definition) is 4. The van der Waals surface area contributed by atoms with Crippen molar-refractivity contribution in [1.29, 1.82) is 0 Å². The molecule has 1 aliphatic rings. The Morgan fingerprint density at radius 2 is 1.88 bits per heavy atom. The van der Waals surface area contributed by atoms with E-state index in [0.29, 0.717) is 13.0 Å². The van der Waals surface area contributed by atoms with Crippen molar-refractivity contribution in [3.8, 4) is 0 Å². The Hall–Kier alpha value is -1.26. The van der Waals surface area contributed by atoms with Gasteiger partial charge in [-0.3, -0.25) is 4.79 Å². The minimum absolute atomic E-state index is 0.0363. The van der Waals surface area contributed by atoms with Crippen molar-refractivity contribution in [2.24, 2.45) is 0 Å². The van der Waals surface area contributed by atoms with Crippen LogP contribution < -0.4 is 0 Å². The lowest BCUT2D eigenvalue weighted by Gasteiger charge is -2.26. The number of likely N-dealkylation sites (tertiary alicyclic amines) is 1. The SMILES string of the molecule is CC(=O)O[C@H]1C[C@H](C)N(C(=O)OC(C)(C)C)C1. The monoisotopic (exact) mass is 243 g/mol. The number of ether oxygens (including phenoxy) is 2. The fourth-order valence-electron chi connectivity index (χ4n) is 1.88. The summed E-state index contributed by atoms with van der Waals surface area (Å²) in [5.41, 5.74) is -0.504. The zero-order valence-electron chi connectivity index (χ0n) is 11.1. The molecule has 1 rings (SSSR count). The Bertz CT molecular complexity index is 308. The molecule has 1 amide bonds. The molecule has 0 aromatic rings. The van der Waals surface area contributed by atoms with Gasteiger partial charge in [-0.2, -0.15) is 0 Å². The van der Waals surface area contributed by atoms with E-state index >= 15 is 0 Å². The first kappa shape index (κ1) is 13.8. The van der Waals surface area contributed by atoms with Crippen molar-refractivity contribution >= 4 is 12.1 Å². The first-order valence-electron chi connectivity index (χ1n) is 5.86. The van der Waals surface area contributed by atoms with Crippen LogP contribution in [-0.4, -0.2) is 41.3 Å². The summed E-state index contributed by atoms with van der Waals surface area (Å²) < 4.78 is 10.4. The number of hydrogen-bond donors (Lipinski definition) is 0. The van der Waals surface area contributed by atoms with Crippen molar-refractivity contribution < 1.29 is 19.1 Å². The standard InChI is InChI=1S/C12H21NO4/c1-8-6-10(16-9(2)14)7-13(8)11(15)17-12(3,4)5/h8,10H,6-7H2,1-5H3/t8-,10-/m0/s1. The van der Waals surface area contributed by atoms with E-state index in [2.05, 4.69) is 0 Å². The molecule has 1 saturated heterocycles. The molecule has 0 radical (unpaired) electrons. The quantitative estimate of drug-likeness (QED) is 0.660. The lowest BCUT2D eigenvalue weighted by molar-refractivity contribution is -0.145. The maximum absolute atomic E-state index is 11.9. The van der Waals surface area contributed by atoms with Crippen LogP contribution in [0.15, 0.2) is 0 Å². The van der Waals surface area contributed by atoms with Crippen LogP contribution in [0.5, 0.6) is 0 Å². The number of rotatable bonds is 1. The highest BCUT2D eigenvalue weighted by Gasteiger charge is 2.36. The number of nitrogens with zero attached hydrogens (tertiary/aromatic N) is 1. The molecule has 0 aromatic carbocycles. The second kappa shape index (κ2) is 4.94. The van der Waals surface area contributed by atoms with E-state index in [0.717, 1.165) is 0 Å². The first-order chi connectivity index (χ1) is 7.69. The molecule has 5 heteroatoms. The summed E-state index contributed by atoms with van der Waals surface area (Å²) in [5.74, 6) is -0.312. The molecule has 0 unspecified atom stereocenters. The number of carbonyl (C=O) groups is 2. The molecule has 1 heterocycles. The Labute approximate surface area is 102 Å². The third-order valence-corrected chi connectivity index (χ3v) is 2.50. The molecule has 2 atom stereocenters. The molecule has 0 aromatic heterocycles. The molecule has 17 heavy (non-hydrogen) atoms. The van der Waals surface area contributed by atoms with E-state index in [9.17, 15) is 9.59 Å². The van der Waals surface area contributed by atoms with Gasteiger partial charge in [0.2, 0.25) is 0 Å². The summed E-state index contributed by atoms with van der Waals surface area (Å²) in [6, 6.07) is 0.0363. The minimum Gasteiger partial charge on any atom is -0.461 e. The molecular weight excluding hydrogens is 222 g/mol. The van der Waals surface area contributed by atoms with E-state index in [1.54, 1.807) is 4.90 Å². The van der Waals surface area contributed by atoms with E-state index in [-0.39, 0.29) is 24.2 Å². The van der Waals surface area contributed by atoms with Gasteiger partial charge in [0.05, 0.1) is 6.54 Å². The lowest BCUT2D eigenvalue weighted by atomic mass is 10.2. The van der Waals surface area contributed by atoms with Crippen LogP contribution in [0, 0.1) is 0 Å². The Balaban J connectivity index is 2.55. The van der Waals surface area contributed by atoms with Crippen molar-refractivity contribution in [2.75, 3.05) is 6.54 Å². The van der Waals surface area contributed by atoms with E-state index < -0.39 is 5.60 Å². The highest BCUT2D eigenvalue weighted by Crippen LogP contribution is 2.22. The third-order valence-electron chi connectivity index (χ3n) is 2.50. The van der Waals surface area contributed by atoms with Gasteiger partial charge in [0.15, 0.2) is 0 Å². The van der Waals surface area contributed by atoms with Crippen LogP contribution >= 0.6 is 0 Å². The van der Waals surface area contributed by atoms with Gasteiger partial charge < -0.3 is 14.4 Å². The first-order valence-corrected chi connectivity index (χ1v) is 5.86. The summed E-state index contributed by atoms with van der Waals surface area (Å²) in [4.78, 5) is 24.3. The molecule has 5 nitrogen and oxygen atoms in total. The van der Waals surface area contributed by atoms with Gasteiger partial charge in [0.1, 0.15) is 11.7 Å². The highest BCUT2D eigenvalue weighted by atomic mass is 16.6. The summed E-state index contributed by atoms with van der Waals surface area (Å²) in [7, 11) is 0. The second-order valence-corrected chi connectivity index (χ2v) is 5.45. The molecule has 98 valence electrons. The largest absolute Gasteiger partial charge is 0.461 e. The molecule has 0 spiro atoms. The molecule has 0 bridgehead atoms. The van der Waals surface area contributed by atoms with Gasteiger partial charge in [0.25, 0.3) is 0 Å². The maximum Gasteiger partial charge on any atom is 0.410 e. The average Bonchev–Trinajstić information content (AvgIpc) is 2.42. The smallest absolute Gasteiger partial charge is 0.410 e. The van der Waals surface area contributed by atoms with Crippen molar-refractivity contribution in [2.45, 2.75) is 58.8 Å². The van der Waals surface area contributed by atoms with Crippen molar-refractivity contribution in [3.63, 3.8) is 0 Å². The minimum atomic E-state index is -0.504. The second-order valence-electron chi connectivity index (χ2n) is 5.45. The fraction of sp³-hybridized carbons (Fsp3) is 0.833. The lowest BCUT2D eigenvalue weighted by Crippen LogP contribution is -2.39. The third kappa shape index (κ3) is 4.24. The van der Waals surface area contributed by atoms with Gasteiger partial charge in [-0.15, -0.1) is 0 Å². The zero-order valence-corrected chi connectivity index (χ0v) is 11.1. The molecule has 1 aliphatic heterocycles. The van der Waals surface area contributed by atoms with Crippen LogP contribution in [-0.2, 0) is 14.3 Å². The fourth-order valence-corrected chi connectivity index (χ4v) is 1.88. The van der Waals surface area contributed by atoms with E-state index in [1.165, 1.54) is 6.92 Å². The predicted molar refractivity (Wildman–Crippen MR) is 62.6 cm³/mol. The Morgan fingerprint density at radius 1 is 1.29 bits per heavy atom. The van der Waals surface area contributed by atoms with E-state index in [4.69, 9.17) is 9.47 Å². The molecule has 1 fully saturated rings. The molecule has 0 N–H and O–H groups in total. The normalized spacial score (nSPS) is 24.6. The molecule has 0 aliphatic carbocycles. The maximum atomic E-state index is 11.9. The number of esters is 1. The predicted octanol–water partition coefficient (Wildman–Crippen LogP) is 1.95. The molecular formula is C12H21NO4. The average molecular weight is 243 g/mol. The van der Waals surface area contributed by atoms with E-state index in [1.807, 2.05) is 27.7 Å². The van der Waals surface area contributed by atoms with Crippen LogP contribution in [0.2, 0.25) is 0 Å². The van der Waals surface area contributed by atoms with Crippen molar-refractivity contribution in [1.82, 2.24) is 4.90 Å². The Morgan fingerprint density at radius 3 is 2.35 bits per heavy atom. The summed E-state index contributed by atoms with van der Waals surface area (Å²) in [6.07, 6.45) is 0.105. The summed E-state index contributed by atoms with van der Waals surface area (Å²) >= 11 is 0. The topological polar surface area (TPSA) is 55.8 Å². The summed E-state index contributed by atoms with van der Waals surface area (Å²) in [6.45, 7) is 9.20. The van der Waals surface area contributed by atoms with Crippen LogP contribution in [0.25, 0.3) is 0 Å². The van der Waals surface area contributed by atoms with Crippen LogP contribution in [0.4, 0.5) is 4.79 Å². The highest BCUT2D eigenvalue weighted by molar-refractivity contribution is 5.69.